The normalized spacial score (nSPS) is 20.1. The van der Waals surface area contributed by atoms with Crippen LogP contribution in [0, 0.1) is 5.92 Å². The molecule has 1 aliphatic heterocycles. The molecule has 3 heteroatoms. The maximum atomic E-state index is 3.60. The first-order chi connectivity index (χ1) is 9.13. The first kappa shape index (κ1) is 16.9. The van der Waals surface area contributed by atoms with Gasteiger partial charge in [0.25, 0.3) is 0 Å². The van der Waals surface area contributed by atoms with Crippen LogP contribution in [0.25, 0.3) is 0 Å². The lowest BCUT2D eigenvalue weighted by molar-refractivity contribution is 0.153. The minimum atomic E-state index is 0.654. The second kappa shape index (κ2) is 9.73. The molecule has 0 spiro atoms. The summed E-state index contributed by atoms with van der Waals surface area (Å²) in [4.78, 5) is 5.00. The number of nitrogens with one attached hydrogen (secondary N) is 1. The zero-order valence-electron chi connectivity index (χ0n) is 13.6. The van der Waals surface area contributed by atoms with E-state index < -0.39 is 0 Å². The summed E-state index contributed by atoms with van der Waals surface area (Å²) in [5.74, 6) is 0.906. The molecule has 0 aromatic heterocycles. The molecule has 0 radical (unpaired) electrons. The van der Waals surface area contributed by atoms with Gasteiger partial charge in [0, 0.05) is 19.1 Å². The van der Waals surface area contributed by atoms with Crippen LogP contribution in [0.15, 0.2) is 0 Å². The van der Waals surface area contributed by atoms with Gasteiger partial charge in [0.2, 0.25) is 0 Å². The van der Waals surface area contributed by atoms with E-state index in [2.05, 4.69) is 43.1 Å². The average Bonchev–Trinajstić information content (AvgIpc) is 2.41. The van der Waals surface area contributed by atoms with Crippen molar-refractivity contribution in [3.8, 4) is 0 Å². The van der Waals surface area contributed by atoms with Gasteiger partial charge in [0.15, 0.2) is 0 Å². The van der Waals surface area contributed by atoms with Gasteiger partial charge in [-0.1, -0.05) is 19.8 Å². The molecular formula is C16H35N3. The average molecular weight is 269 g/mol. The number of likely N-dealkylation sites (tertiary alicyclic amines) is 1. The molecule has 1 aliphatic rings. The quantitative estimate of drug-likeness (QED) is 0.649. The number of piperidine rings is 1. The maximum Gasteiger partial charge on any atom is 0.0189 e. The van der Waals surface area contributed by atoms with Gasteiger partial charge >= 0.3 is 0 Å². The number of hydrogen-bond donors (Lipinski definition) is 1. The fourth-order valence-electron chi connectivity index (χ4n) is 2.80. The highest BCUT2D eigenvalue weighted by Crippen LogP contribution is 2.17. The summed E-state index contributed by atoms with van der Waals surface area (Å²) in [5.41, 5.74) is 0. The molecule has 1 rings (SSSR count). The summed E-state index contributed by atoms with van der Waals surface area (Å²) in [6, 6.07) is 0.654. The summed E-state index contributed by atoms with van der Waals surface area (Å²) in [6.07, 6.45) is 6.73. The van der Waals surface area contributed by atoms with Crippen LogP contribution in [-0.2, 0) is 0 Å². The first-order valence-electron chi connectivity index (χ1n) is 8.23. The first-order valence-corrected chi connectivity index (χ1v) is 8.23. The van der Waals surface area contributed by atoms with Crippen molar-refractivity contribution in [2.45, 2.75) is 52.0 Å². The highest BCUT2D eigenvalue weighted by atomic mass is 15.2. The van der Waals surface area contributed by atoms with Crippen LogP contribution in [0.5, 0.6) is 0 Å². The van der Waals surface area contributed by atoms with Gasteiger partial charge in [0.1, 0.15) is 0 Å². The van der Waals surface area contributed by atoms with E-state index in [-0.39, 0.29) is 0 Å². The molecule has 0 aromatic rings. The predicted molar refractivity (Wildman–Crippen MR) is 84.7 cm³/mol. The summed E-state index contributed by atoms with van der Waals surface area (Å²) in [7, 11) is 4.53. The zero-order valence-corrected chi connectivity index (χ0v) is 13.6. The fraction of sp³-hybridized carbons (Fsp3) is 1.00. The van der Waals surface area contributed by atoms with Crippen LogP contribution in [0.3, 0.4) is 0 Å². The Morgan fingerprint density at radius 2 is 1.95 bits per heavy atom. The Balaban J connectivity index is 2.08. The van der Waals surface area contributed by atoms with Crippen molar-refractivity contribution in [1.29, 1.82) is 0 Å². The van der Waals surface area contributed by atoms with Crippen LogP contribution < -0.4 is 5.32 Å². The Morgan fingerprint density at radius 1 is 1.26 bits per heavy atom. The highest BCUT2D eigenvalue weighted by molar-refractivity contribution is 4.75. The van der Waals surface area contributed by atoms with Gasteiger partial charge in [0.05, 0.1) is 0 Å². The van der Waals surface area contributed by atoms with E-state index in [1.165, 1.54) is 58.3 Å². The monoisotopic (exact) mass is 269 g/mol. The number of hydrogen-bond acceptors (Lipinski definition) is 3. The molecule has 19 heavy (non-hydrogen) atoms. The molecule has 1 unspecified atom stereocenters. The van der Waals surface area contributed by atoms with E-state index in [1.807, 2.05) is 0 Å². The van der Waals surface area contributed by atoms with Gasteiger partial charge in [-0.25, -0.2) is 0 Å². The van der Waals surface area contributed by atoms with Gasteiger partial charge in [-0.15, -0.1) is 0 Å². The Hall–Kier alpha value is -0.120. The molecular weight excluding hydrogens is 234 g/mol. The van der Waals surface area contributed by atoms with Gasteiger partial charge in [-0.2, -0.15) is 0 Å². The Bertz CT molecular complexity index is 212. The van der Waals surface area contributed by atoms with Crippen molar-refractivity contribution in [3.63, 3.8) is 0 Å². The number of rotatable bonds is 9. The molecule has 0 bridgehead atoms. The third-order valence-corrected chi connectivity index (χ3v) is 4.53. The van der Waals surface area contributed by atoms with Crippen molar-refractivity contribution in [2.75, 3.05) is 46.8 Å². The Morgan fingerprint density at radius 3 is 2.58 bits per heavy atom. The second-order valence-electron chi connectivity index (χ2n) is 6.45. The molecule has 1 fully saturated rings. The van der Waals surface area contributed by atoms with Crippen molar-refractivity contribution >= 4 is 0 Å². The standard InChI is InChI=1S/C16H35N3/c1-5-6-7-10-17-13-15(2)19(4)14-16-8-11-18(3)12-9-16/h15-17H,5-14H2,1-4H3. The van der Waals surface area contributed by atoms with Crippen molar-refractivity contribution < 1.29 is 0 Å². The maximum absolute atomic E-state index is 3.60. The third kappa shape index (κ3) is 7.28. The summed E-state index contributed by atoms with van der Waals surface area (Å²) in [5, 5.41) is 3.60. The van der Waals surface area contributed by atoms with Crippen LogP contribution in [-0.4, -0.2) is 62.7 Å². The van der Waals surface area contributed by atoms with E-state index in [9.17, 15) is 0 Å². The van der Waals surface area contributed by atoms with E-state index in [1.54, 1.807) is 0 Å². The number of nitrogens with zero attached hydrogens (tertiary/aromatic N) is 2. The molecule has 3 nitrogen and oxygen atoms in total. The van der Waals surface area contributed by atoms with E-state index in [4.69, 9.17) is 0 Å². The van der Waals surface area contributed by atoms with Crippen molar-refractivity contribution in [1.82, 2.24) is 15.1 Å². The summed E-state index contributed by atoms with van der Waals surface area (Å²) < 4.78 is 0. The fourth-order valence-corrected chi connectivity index (χ4v) is 2.80. The zero-order chi connectivity index (χ0) is 14.1. The summed E-state index contributed by atoms with van der Waals surface area (Å²) >= 11 is 0. The van der Waals surface area contributed by atoms with Crippen LogP contribution >= 0.6 is 0 Å². The second-order valence-corrected chi connectivity index (χ2v) is 6.45. The molecule has 1 heterocycles. The van der Waals surface area contributed by atoms with Crippen molar-refractivity contribution in [3.05, 3.63) is 0 Å². The molecule has 0 amide bonds. The SMILES string of the molecule is CCCCCNCC(C)N(C)CC1CCN(C)CC1. The van der Waals surface area contributed by atoms with E-state index in [0.717, 1.165) is 12.5 Å². The Labute approximate surface area is 120 Å². The van der Waals surface area contributed by atoms with Crippen LogP contribution in [0.1, 0.15) is 46.0 Å². The molecule has 0 aliphatic carbocycles. The van der Waals surface area contributed by atoms with Crippen molar-refractivity contribution in [2.24, 2.45) is 5.92 Å². The minimum Gasteiger partial charge on any atom is -0.315 e. The van der Waals surface area contributed by atoms with Gasteiger partial charge < -0.3 is 15.1 Å². The van der Waals surface area contributed by atoms with Gasteiger partial charge in [-0.3, -0.25) is 0 Å². The number of likely N-dealkylation sites (N-methyl/N-ethyl adjacent to an activating group) is 1. The minimum absolute atomic E-state index is 0.654. The molecule has 1 N–H and O–H groups in total. The topological polar surface area (TPSA) is 18.5 Å². The highest BCUT2D eigenvalue weighted by Gasteiger charge is 2.19. The Kier molecular flexibility index (Phi) is 8.67. The van der Waals surface area contributed by atoms with E-state index >= 15 is 0 Å². The molecule has 0 saturated carbocycles. The predicted octanol–water partition coefficient (Wildman–Crippen LogP) is 2.43. The van der Waals surface area contributed by atoms with Crippen LogP contribution in [0.2, 0.25) is 0 Å². The molecule has 114 valence electrons. The lowest BCUT2D eigenvalue weighted by Gasteiger charge is -2.34. The largest absolute Gasteiger partial charge is 0.315 e. The molecule has 1 saturated heterocycles. The molecule has 0 aromatic carbocycles. The summed E-state index contributed by atoms with van der Waals surface area (Å²) in [6.45, 7) is 10.8. The molecule has 1 atom stereocenters. The lowest BCUT2D eigenvalue weighted by atomic mass is 9.96. The van der Waals surface area contributed by atoms with Crippen LogP contribution in [0.4, 0.5) is 0 Å². The van der Waals surface area contributed by atoms with E-state index in [0.29, 0.717) is 6.04 Å². The number of unbranched alkanes of at least 4 members (excludes halogenated alkanes) is 2. The third-order valence-electron chi connectivity index (χ3n) is 4.53. The van der Waals surface area contributed by atoms with Gasteiger partial charge in [-0.05, 0) is 65.8 Å². The lowest BCUT2D eigenvalue weighted by Crippen LogP contribution is -2.42. The smallest absolute Gasteiger partial charge is 0.0189 e.